The fraction of sp³-hybridized carbons (Fsp3) is 0.200. The minimum Gasteiger partial charge on any atom is -0.306 e. The van der Waals surface area contributed by atoms with Crippen molar-refractivity contribution in [2.75, 3.05) is 0 Å². The van der Waals surface area contributed by atoms with Gasteiger partial charge in [-0.1, -0.05) is 45.7 Å². The van der Waals surface area contributed by atoms with Gasteiger partial charge in [0, 0.05) is 33.7 Å². The van der Waals surface area contributed by atoms with Gasteiger partial charge in [-0.15, -0.1) is 0 Å². The average molecular weight is 370 g/mol. The van der Waals surface area contributed by atoms with Gasteiger partial charge in [-0.2, -0.15) is 0 Å². The second kappa shape index (κ2) is 7.02. The summed E-state index contributed by atoms with van der Waals surface area (Å²) in [6.45, 7) is 2.37. The third kappa shape index (κ3) is 4.03. The van der Waals surface area contributed by atoms with Crippen LogP contribution in [0.5, 0.6) is 0 Å². The Labute approximate surface area is 136 Å². The lowest BCUT2D eigenvalue weighted by Gasteiger charge is -2.15. The Kier molecular flexibility index (Phi) is 5.33. The van der Waals surface area contributed by atoms with E-state index in [1.807, 2.05) is 31.2 Å². The number of nitrogens with one attached hydrogen (secondary N) is 1. The molecule has 0 aliphatic heterocycles. The highest BCUT2D eigenvalue weighted by molar-refractivity contribution is 9.10. The van der Waals surface area contributed by atoms with Crippen LogP contribution in [0.1, 0.15) is 24.1 Å². The summed E-state index contributed by atoms with van der Waals surface area (Å²) in [5.74, 6) is 0. The molecule has 0 amide bonds. The third-order valence-corrected chi connectivity index (χ3v) is 4.05. The fourth-order valence-corrected chi connectivity index (χ4v) is 2.78. The minimum absolute atomic E-state index is 0.00251. The molecular weight excluding hydrogens is 356 g/mol. The summed E-state index contributed by atoms with van der Waals surface area (Å²) < 4.78 is 0.815. The number of nitro groups is 1. The smallest absolute Gasteiger partial charge is 0.273 e. The molecule has 21 heavy (non-hydrogen) atoms. The van der Waals surface area contributed by atoms with Crippen LogP contribution in [0.2, 0.25) is 5.02 Å². The Morgan fingerprint density at radius 3 is 2.71 bits per heavy atom. The predicted molar refractivity (Wildman–Crippen MR) is 87.5 cm³/mol. The highest BCUT2D eigenvalue weighted by Gasteiger charge is 2.15. The summed E-state index contributed by atoms with van der Waals surface area (Å²) >= 11 is 9.49. The molecule has 6 heteroatoms. The molecule has 4 nitrogen and oxygen atoms in total. The van der Waals surface area contributed by atoms with E-state index in [4.69, 9.17) is 11.6 Å². The number of rotatable bonds is 5. The zero-order chi connectivity index (χ0) is 15.4. The number of hydrogen-bond acceptors (Lipinski definition) is 3. The van der Waals surface area contributed by atoms with Crippen LogP contribution < -0.4 is 5.32 Å². The summed E-state index contributed by atoms with van der Waals surface area (Å²) in [4.78, 5) is 10.7. The van der Waals surface area contributed by atoms with Crippen molar-refractivity contribution >= 4 is 33.2 Å². The Balaban J connectivity index is 2.15. The Morgan fingerprint density at radius 1 is 1.33 bits per heavy atom. The van der Waals surface area contributed by atoms with E-state index < -0.39 is 0 Å². The molecule has 0 aliphatic rings. The molecule has 2 aromatic carbocycles. The maximum Gasteiger partial charge on any atom is 0.273 e. The van der Waals surface area contributed by atoms with Gasteiger partial charge in [0.2, 0.25) is 0 Å². The fourth-order valence-electron chi connectivity index (χ4n) is 2.07. The predicted octanol–water partition coefficient (Wildman–Crippen LogP) is 4.86. The molecule has 0 bridgehead atoms. The van der Waals surface area contributed by atoms with Crippen molar-refractivity contribution in [3.63, 3.8) is 0 Å². The molecule has 0 aliphatic carbocycles. The van der Waals surface area contributed by atoms with E-state index in [9.17, 15) is 10.1 Å². The van der Waals surface area contributed by atoms with Gasteiger partial charge < -0.3 is 5.32 Å². The van der Waals surface area contributed by atoms with Gasteiger partial charge in [0.25, 0.3) is 5.69 Å². The summed E-state index contributed by atoms with van der Waals surface area (Å²) in [6, 6.07) is 12.5. The molecule has 2 aromatic rings. The minimum atomic E-state index is -0.371. The maximum absolute atomic E-state index is 11.0. The first-order chi connectivity index (χ1) is 9.99. The second-order valence-electron chi connectivity index (χ2n) is 4.65. The van der Waals surface area contributed by atoms with Crippen LogP contribution in [0, 0.1) is 10.1 Å². The zero-order valence-electron chi connectivity index (χ0n) is 11.3. The van der Waals surface area contributed by atoms with E-state index in [0.29, 0.717) is 17.1 Å². The normalized spacial score (nSPS) is 12.1. The topological polar surface area (TPSA) is 55.2 Å². The largest absolute Gasteiger partial charge is 0.306 e. The summed E-state index contributed by atoms with van der Waals surface area (Å²) in [6.07, 6.45) is 0. The molecule has 0 fully saturated rings. The molecule has 1 atom stereocenters. The lowest BCUT2D eigenvalue weighted by molar-refractivity contribution is -0.385. The van der Waals surface area contributed by atoms with Crippen LogP contribution in [0.3, 0.4) is 0 Å². The molecule has 2 rings (SSSR count). The van der Waals surface area contributed by atoms with E-state index in [1.165, 1.54) is 6.07 Å². The van der Waals surface area contributed by atoms with Gasteiger partial charge in [-0.25, -0.2) is 0 Å². The van der Waals surface area contributed by atoms with Crippen molar-refractivity contribution in [1.82, 2.24) is 5.32 Å². The molecule has 0 heterocycles. The van der Waals surface area contributed by atoms with Crippen LogP contribution in [0.25, 0.3) is 0 Å². The number of benzene rings is 2. The van der Waals surface area contributed by atoms with Crippen LogP contribution in [-0.4, -0.2) is 4.92 Å². The molecule has 0 saturated carbocycles. The van der Waals surface area contributed by atoms with Crippen LogP contribution in [0.15, 0.2) is 46.9 Å². The van der Waals surface area contributed by atoms with E-state index in [-0.39, 0.29) is 16.7 Å². The second-order valence-corrected chi connectivity index (χ2v) is 5.98. The van der Waals surface area contributed by atoms with Crippen molar-refractivity contribution in [2.45, 2.75) is 19.5 Å². The Hall–Kier alpha value is -1.43. The van der Waals surface area contributed by atoms with Crippen molar-refractivity contribution < 1.29 is 4.92 Å². The van der Waals surface area contributed by atoms with E-state index in [1.54, 1.807) is 12.1 Å². The van der Waals surface area contributed by atoms with E-state index >= 15 is 0 Å². The summed E-state index contributed by atoms with van der Waals surface area (Å²) in [5, 5.41) is 15.0. The van der Waals surface area contributed by atoms with Crippen molar-refractivity contribution in [3.05, 3.63) is 73.2 Å². The number of nitro benzene ring substituents is 1. The first-order valence-corrected chi connectivity index (χ1v) is 7.56. The third-order valence-electron chi connectivity index (χ3n) is 3.21. The molecule has 0 saturated heterocycles. The lowest BCUT2D eigenvalue weighted by atomic mass is 10.1. The molecule has 1 N–H and O–H groups in total. The standard InChI is InChI=1S/C15H14BrClN2O2/c1-10(13-4-2-3-5-14(13)17)18-9-11-8-12(16)6-7-15(11)19(20)21/h2-8,10,18H,9H2,1H3/t10-/m0/s1. The van der Waals surface area contributed by atoms with E-state index in [2.05, 4.69) is 21.2 Å². The number of hydrogen-bond donors (Lipinski definition) is 1. The number of nitrogens with zero attached hydrogens (tertiary/aromatic N) is 1. The van der Waals surface area contributed by atoms with Crippen LogP contribution in [0.4, 0.5) is 5.69 Å². The van der Waals surface area contributed by atoms with Crippen molar-refractivity contribution in [1.29, 1.82) is 0 Å². The Morgan fingerprint density at radius 2 is 2.05 bits per heavy atom. The maximum atomic E-state index is 11.0. The highest BCUT2D eigenvalue weighted by Crippen LogP contribution is 2.25. The molecular formula is C15H14BrClN2O2. The average Bonchev–Trinajstić information content (AvgIpc) is 2.45. The van der Waals surface area contributed by atoms with Crippen molar-refractivity contribution in [2.24, 2.45) is 0 Å². The number of halogens is 2. The highest BCUT2D eigenvalue weighted by atomic mass is 79.9. The molecule has 0 unspecified atom stereocenters. The SMILES string of the molecule is C[C@H](NCc1cc(Br)ccc1[N+](=O)[O-])c1ccccc1Cl. The van der Waals surface area contributed by atoms with E-state index in [0.717, 1.165) is 10.0 Å². The Bertz CT molecular complexity index is 664. The van der Waals surface area contributed by atoms with Crippen LogP contribution >= 0.6 is 27.5 Å². The van der Waals surface area contributed by atoms with Crippen LogP contribution in [-0.2, 0) is 6.54 Å². The van der Waals surface area contributed by atoms with Gasteiger partial charge in [-0.3, -0.25) is 10.1 Å². The lowest BCUT2D eigenvalue weighted by Crippen LogP contribution is -2.19. The summed E-state index contributed by atoms with van der Waals surface area (Å²) in [7, 11) is 0. The van der Waals surface area contributed by atoms with Crippen molar-refractivity contribution in [3.8, 4) is 0 Å². The summed E-state index contributed by atoms with van der Waals surface area (Å²) in [5.41, 5.74) is 1.71. The monoisotopic (exact) mass is 368 g/mol. The van der Waals surface area contributed by atoms with Gasteiger partial charge in [-0.05, 0) is 30.7 Å². The molecule has 0 radical (unpaired) electrons. The van der Waals surface area contributed by atoms with Gasteiger partial charge >= 0.3 is 0 Å². The first-order valence-electron chi connectivity index (χ1n) is 6.39. The zero-order valence-corrected chi connectivity index (χ0v) is 13.7. The first kappa shape index (κ1) is 15.9. The van der Waals surface area contributed by atoms with Gasteiger partial charge in [0.15, 0.2) is 0 Å². The molecule has 0 aromatic heterocycles. The molecule has 0 spiro atoms. The van der Waals surface area contributed by atoms with Gasteiger partial charge in [0.05, 0.1) is 4.92 Å². The quantitative estimate of drug-likeness (QED) is 0.605. The molecule has 110 valence electrons. The van der Waals surface area contributed by atoms with Gasteiger partial charge in [0.1, 0.15) is 0 Å².